The number of likely N-dealkylation sites (tertiary alicyclic amines) is 1. The highest BCUT2D eigenvalue weighted by Crippen LogP contribution is 2.32. The first kappa shape index (κ1) is 24.0. The lowest BCUT2D eigenvalue weighted by Crippen LogP contribution is -2.51. The molecule has 0 saturated carbocycles. The standard InChI is InChI=1S/C23H36N2O5/c1-17(18-7-9-19(29-6)10-8-18)20(26)24-15-23(16-28-5)11-13-25(14-12-23)21(27)30-22(2,3)4/h7-10,17H,11-16H2,1-6H3,(H,24,26). The van der Waals surface area contributed by atoms with Crippen LogP contribution >= 0.6 is 0 Å². The predicted molar refractivity (Wildman–Crippen MR) is 116 cm³/mol. The molecule has 1 atom stereocenters. The van der Waals surface area contributed by atoms with Gasteiger partial charge in [-0.05, 0) is 58.2 Å². The lowest BCUT2D eigenvalue weighted by Gasteiger charge is -2.41. The number of nitrogens with one attached hydrogen (secondary N) is 1. The van der Waals surface area contributed by atoms with Crippen LogP contribution in [0.15, 0.2) is 24.3 Å². The molecule has 1 aliphatic rings. The monoisotopic (exact) mass is 420 g/mol. The van der Waals surface area contributed by atoms with Crippen LogP contribution in [0, 0.1) is 5.41 Å². The number of ether oxygens (including phenoxy) is 3. The normalized spacial score (nSPS) is 17.2. The molecule has 0 aromatic heterocycles. The minimum absolute atomic E-state index is 0.0229. The van der Waals surface area contributed by atoms with Crippen LogP contribution in [-0.4, -0.2) is 63.0 Å². The van der Waals surface area contributed by atoms with Gasteiger partial charge in [-0.25, -0.2) is 4.79 Å². The summed E-state index contributed by atoms with van der Waals surface area (Å²) in [5.41, 5.74) is 0.237. The van der Waals surface area contributed by atoms with Crippen molar-refractivity contribution in [1.82, 2.24) is 10.2 Å². The lowest BCUT2D eigenvalue weighted by molar-refractivity contribution is -0.123. The number of hydrogen-bond acceptors (Lipinski definition) is 5. The topological polar surface area (TPSA) is 77.1 Å². The summed E-state index contributed by atoms with van der Waals surface area (Å²) in [4.78, 5) is 26.8. The van der Waals surface area contributed by atoms with Crippen LogP contribution in [0.25, 0.3) is 0 Å². The van der Waals surface area contributed by atoms with Gasteiger partial charge in [0.15, 0.2) is 0 Å². The van der Waals surface area contributed by atoms with Crippen molar-refractivity contribution in [2.45, 2.75) is 52.1 Å². The van der Waals surface area contributed by atoms with Gasteiger partial charge < -0.3 is 24.4 Å². The van der Waals surface area contributed by atoms with E-state index in [1.165, 1.54) is 0 Å². The van der Waals surface area contributed by atoms with Gasteiger partial charge in [0.1, 0.15) is 11.4 Å². The van der Waals surface area contributed by atoms with Crippen LogP contribution in [0.2, 0.25) is 0 Å². The number of hydrogen-bond donors (Lipinski definition) is 1. The summed E-state index contributed by atoms with van der Waals surface area (Å²) < 4.78 is 16.1. The van der Waals surface area contributed by atoms with Crippen LogP contribution in [-0.2, 0) is 14.3 Å². The fourth-order valence-electron chi connectivity index (χ4n) is 3.64. The molecular weight excluding hydrogens is 384 g/mol. The Morgan fingerprint density at radius 1 is 1.13 bits per heavy atom. The number of benzene rings is 1. The Hall–Kier alpha value is -2.28. The average Bonchev–Trinajstić information content (AvgIpc) is 2.71. The van der Waals surface area contributed by atoms with E-state index in [2.05, 4.69) is 5.32 Å². The van der Waals surface area contributed by atoms with Crippen LogP contribution < -0.4 is 10.1 Å². The van der Waals surface area contributed by atoms with Crippen molar-refractivity contribution in [1.29, 1.82) is 0 Å². The first-order valence-electron chi connectivity index (χ1n) is 10.5. The van der Waals surface area contributed by atoms with E-state index in [1.807, 2.05) is 52.0 Å². The molecule has 1 N–H and O–H groups in total. The van der Waals surface area contributed by atoms with Gasteiger partial charge in [0, 0.05) is 32.2 Å². The van der Waals surface area contributed by atoms with E-state index in [4.69, 9.17) is 14.2 Å². The van der Waals surface area contributed by atoms with Gasteiger partial charge in [0.05, 0.1) is 19.6 Å². The molecule has 1 aromatic rings. The van der Waals surface area contributed by atoms with E-state index in [9.17, 15) is 9.59 Å². The zero-order valence-corrected chi connectivity index (χ0v) is 19.1. The molecule has 1 saturated heterocycles. The second kappa shape index (κ2) is 10.2. The number of methoxy groups -OCH3 is 2. The van der Waals surface area contributed by atoms with Crippen LogP contribution in [0.1, 0.15) is 52.0 Å². The van der Waals surface area contributed by atoms with Crippen LogP contribution in [0.4, 0.5) is 4.79 Å². The van der Waals surface area contributed by atoms with E-state index >= 15 is 0 Å². The van der Waals surface area contributed by atoms with Crippen LogP contribution in [0.5, 0.6) is 5.75 Å². The maximum atomic E-state index is 12.7. The summed E-state index contributed by atoms with van der Waals surface area (Å²) in [5.74, 6) is 0.477. The molecule has 1 unspecified atom stereocenters. The lowest BCUT2D eigenvalue weighted by atomic mass is 9.79. The van der Waals surface area contributed by atoms with E-state index < -0.39 is 5.60 Å². The second-order valence-electron chi connectivity index (χ2n) is 9.11. The summed E-state index contributed by atoms with van der Waals surface area (Å²) >= 11 is 0. The highest BCUT2D eigenvalue weighted by molar-refractivity contribution is 5.83. The molecule has 2 rings (SSSR count). The molecule has 7 heteroatoms. The minimum Gasteiger partial charge on any atom is -0.497 e. The van der Waals surface area contributed by atoms with Gasteiger partial charge in [0.25, 0.3) is 0 Å². The summed E-state index contributed by atoms with van der Waals surface area (Å²) in [6.07, 6.45) is 1.21. The zero-order chi connectivity index (χ0) is 22.4. The Morgan fingerprint density at radius 3 is 2.23 bits per heavy atom. The molecular formula is C23H36N2O5. The molecule has 1 aromatic carbocycles. The number of nitrogens with zero attached hydrogens (tertiary/aromatic N) is 1. The number of carbonyl (C=O) groups is 2. The van der Waals surface area contributed by atoms with Crippen molar-refractivity contribution in [3.8, 4) is 5.75 Å². The molecule has 0 spiro atoms. The van der Waals surface area contributed by atoms with Crippen molar-refractivity contribution in [3.05, 3.63) is 29.8 Å². The second-order valence-corrected chi connectivity index (χ2v) is 9.11. The number of piperidine rings is 1. The number of carbonyl (C=O) groups excluding carboxylic acids is 2. The molecule has 0 bridgehead atoms. The summed E-state index contributed by atoms with van der Waals surface area (Å²) in [6.45, 7) is 9.71. The summed E-state index contributed by atoms with van der Waals surface area (Å²) in [6, 6.07) is 7.54. The van der Waals surface area contributed by atoms with Gasteiger partial charge in [-0.2, -0.15) is 0 Å². The minimum atomic E-state index is -0.510. The quantitative estimate of drug-likeness (QED) is 0.730. The fraction of sp³-hybridized carbons (Fsp3) is 0.652. The smallest absolute Gasteiger partial charge is 0.410 e. The van der Waals surface area contributed by atoms with Crippen molar-refractivity contribution in [2.24, 2.45) is 5.41 Å². The first-order valence-corrected chi connectivity index (χ1v) is 10.5. The molecule has 1 heterocycles. The molecule has 0 aliphatic carbocycles. The fourth-order valence-corrected chi connectivity index (χ4v) is 3.64. The van der Waals surface area contributed by atoms with E-state index in [1.54, 1.807) is 19.1 Å². The average molecular weight is 421 g/mol. The zero-order valence-electron chi connectivity index (χ0n) is 19.1. The largest absolute Gasteiger partial charge is 0.497 e. The number of amides is 2. The van der Waals surface area contributed by atoms with Gasteiger partial charge in [-0.1, -0.05) is 12.1 Å². The summed E-state index contributed by atoms with van der Waals surface area (Å²) in [7, 11) is 3.29. The Kier molecular flexibility index (Phi) is 8.12. The molecule has 1 aliphatic heterocycles. The van der Waals surface area contributed by atoms with Crippen molar-refractivity contribution in [3.63, 3.8) is 0 Å². The Morgan fingerprint density at radius 2 is 1.73 bits per heavy atom. The van der Waals surface area contributed by atoms with Gasteiger partial charge >= 0.3 is 6.09 Å². The third-order valence-electron chi connectivity index (χ3n) is 5.57. The van der Waals surface area contributed by atoms with Gasteiger partial charge in [0.2, 0.25) is 5.91 Å². The van der Waals surface area contributed by atoms with E-state index in [0.29, 0.717) is 26.2 Å². The Balaban J connectivity index is 1.93. The van der Waals surface area contributed by atoms with E-state index in [-0.39, 0.29) is 23.3 Å². The highest BCUT2D eigenvalue weighted by Gasteiger charge is 2.37. The molecule has 168 valence electrons. The molecule has 1 fully saturated rings. The van der Waals surface area contributed by atoms with Gasteiger partial charge in [-0.3, -0.25) is 4.79 Å². The van der Waals surface area contributed by atoms with Crippen LogP contribution in [0.3, 0.4) is 0 Å². The van der Waals surface area contributed by atoms with Crippen molar-refractivity contribution >= 4 is 12.0 Å². The maximum absolute atomic E-state index is 12.7. The number of rotatable bonds is 7. The molecule has 30 heavy (non-hydrogen) atoms. The predicted octanol–water partition coefficient (Wildman–Crippen LogP) is 3.58. The van der Waals surface area contributed by atoms with Gasteiger partial charge in [-0.15, -0.1) is 0 Å². The Labute approximate surface area is 180 Å². The molecule has 0 radical (unpaired) electrons. The SMILES string of the molecule is COCC1(CNC(=O)C(C)c2ccc(OC)cc2)CCN(C(=O)OC(C)(C)C)CC1. The Bertz CT molecular complexity index is 703. The third-order valence-corrected chi connectivity index (χ3v) is 5.57. The van der Waals surface area contributed by atoms with Crippen molar-refractivity contribution < 1.29 is 23.8 Å². The molecule has 7 nitrogen and oxygen atoms in total. The maximum Gasteiger partial charge on any atom is 0.410 e. The first-order chi connectivity index (χ1) is 14.1. The summed E-state index contributed by atoms with van der Waals surface area (Å²) in [5, 5.41) is 3.10. The third kappa shape index (κ3) is 6.62. The highest BCUT2D eigenvalue weighted by atomic mass is 16.6. The van der Waals surface area contributed by atoms with E-state index in [0.717, 1.165) is 24.2 Å². The molecule has 2 amide bonds. The van der Waals surface area contributed by atoms with Crippen molar-refractivity contribution in [2.75, 3.05) is 40.5 Å².